The summed E-state index contributed by atoms with van der Waals surface area (Å²) in [5, 5.41) is 7.44. The minimum Gasteiger partial charge on any atom is -0.380 e. The van der Waals surface area contributed by atoms with Crippen molar-refractivity contribution in [2.45, 2.75) is 20.1 Å². The fraction of sp³-hybridized carbons (Fsp3) is 0.200. The van der Waals surface area contributed by atoms with E-state index in [9.17, 15) is 4.79 Å². The number of rotatable bonds is 6. The first kappa shape index (κ1) is 16.9. The van der Waals surface area contributed by atoms with Crippen LogP contribution in [0.1, 0.15) is 27.2 Å². The number of aromatic nitrogens is 2. The molecule has 1 N–H and O–H groups in total. The number of anilines is 1. The molecule has 0 unspecified atom stereocenters. The van der Waals surface area contributed by atoms with E-state index in [0.717, 1.165) is 16.8 Å². The number of hydrogen-bond donors (Lipinski definition) is 1. The van der Waals surface area contributed by atoms with Crippen LogP contribution in [0.5, 0.6) is 0 Å². The van der Waals surface area contributed by atoms with E-state index < -0.39 is 0 Å². The minimum atomic E-state index is -0.160. The van der Waals surface area contributed by atoms with E-state index in [-0.39, 0.29) is 5.91 Å². The summed E-state index contributed by atoms with van der Waals surface area (Å²) in [5.74, 6) is 0.524. The second kappa shape index (κ2) is 7.77. The van der Waals surface area contributed by atoms with Gasteiger partial charge in [0.1, 0.15) is 5.82 Å². The molecular weight excluding hydrogens is 314 g/mol. The summed E-state index contributed by atoms with van der Waals surface area (Å²) in [5.41, 5.74) is 3.55. The van der Waals surface area contributed by atoms with Crippen molar-refractivity contribution < 1.29 is 9.53 Å². The van der Waals surface area contributed by atoms with Crippen LogP contribution >= 0.6 is 0 Å². The van der Waals surface area contributed by atoms with Gasteiger partial charge in [-0.15, -0.1) is 0 Å². The Hall–Kier alpha value is -2.92. The molecule has 0 aliphatic heterocycles. The minimum absolute atomic E-state index is 0.160. The largest absolute Gasteiger partial charge is 0.380 e. The van der Waals surface area contributed by atoms with E-state index in [0.29, 0.717) is 24.5 Å². The Morgan fingerprint density at radius 2 is 1.84 bits per heavy atom. The molecule has 0 atom stereocenters. The molecule has 1 heterocycles. The van der Waals surface area contributed by atoms with Gasteiger partial charge in [-0.25, -0.2) is 4.68 Å². The van der Waals surface area contributed by atoms with Crippen LogP contribution in [0.4, 0.5) is 5.82 Å². The summed E-state index contributed by atoms with van der Waals surface area (Å²) in [4.78, 5) is 12.6. The molecule has 0 aliphatic rings. The van der Waals surface area contributed by atoms with E-state index in [1.54, 1.807) is 13.2 Å². The molecule has 3 aromatic rings. The number of nitrogens with one attached hydrogen (secondary N) is 1. The topological polar surface area (TPSA) is 56.1 Å². The van der Waals surface area contributed by atoms with Crippen LogP contribution in [-0.2, 0) is 17.9 Å². The van der Waals surface area contributed by atoms with Crippen molar-refractivity contribution in [3.8, 4) is 0 Å². The maximum atomic E-state index is 12.6. The highest BCUT2D eigenvalue weighted by Crippen LogP contribution is 2.15. The average Bonchev–Trinajstić information content (AvgIpc) is 2.95. The summed E-state index contributed by atoms with van der Waals surface area (Å²) in [7, 11) is 1.64. The first-order chi connectivity index (χ1) is 12.2. The normalized spacial score (nSPS) is 10.6. The zero-order valence-electron chi connectivity index (χ0n) is 14.4. The molecule has 0 saturated heterocycles. The smallest absolute Gasteiger partial charge is 0.256 e. The van der Waals surface area contributed by atoms with Gasteiger partial charge in [-0.3, -0.25) is 4.79 Å². The quantitative estimate of drug-likeness (QED) is 0.748. The number of carbonyl (C=O) groups is 1. The molecule has 0 fully saturated rings. The van der Waals surface area contributed by atoms with Crippen LogP contribution in [0.3, 0.4) is 0 Å². The summed E-state index contributed by atoms with van der Waals surface area (Å²) < 4.78 is 6.93. The van der Waals surface area contributed by atoms with Gasteiger partial charge >= 0.3 is 0 Å². The van der Waals surface area contributed by atoms with Crippen LogP contribution < -0.4 is 5.32 Å². The van der Waals surface area contributed by atoms with E-state index in [1.807, 2.05) is 66.2 Å². The third kappa shape index (κ3) is 4.33. The second-order valence-corrected chi connectivity index (χ2v) is 5.90. The summed E-state index contributed by atoms with van der Waals surface area (Å²) in [6.45, 7) is 3.00. The van der Waals surface area contributed by atoms with Gasteiger partial charge in [-0.2, -0.15) is 5.10 Å². The maximum Gasteiger partial charge on any atom is 0.256 e. The van der Waals surface area contributed by atoms with Crippen molar-refractivity contribution in [2.75, 3.05) is 12.4 Å². The van der Waals surface area contributed by atoms with Crippen molar-refractivity contribution in [1.82, 2.24) is 9.78 Å². The molecule has 0 bridgehead atoms. The fourth-order valence-corrected chi connectivity index (χ4v) is 2.68. The lowest BCUT2D eigenvalue weighted by atomic mass is 10.1. The number of nitrogens with zero attached hydrogens (tertiary/aromatic N) is 2. The molecular formula is C20H21N3O2. The van der Waals surface area contributed by atoms with Crippen LogP contribution in [-0.4, -0.2) is 22.8 Å². The number of benzene rings is 2. The number of methoxy groups -OCH3 is 1. The predicted molar refractivity (Wildman–Crippen MR) is 97.6 cm³/mol. The van der Waals surface area contributed by atoms with Crippen LogP contribution in [0, 0.1) is 6.92 Å². The molecule has 5 heteroatoms. The molecule has 5 nitrogen and oxygen atoms in total. The fourth-order valence-electron chi connectivity index (χ4n) is 2.68. The first-order valence-corrected chi connectivity index (χ1v) is 8.13. The molecule has 0 spiro atoms. The lowest BCUT2D eigenvalue weighted by Crippen LogP contribution is -2.16. The van der Waals surface area contributed by atoms with Crippen molar-refractivity contribution in [2.24, 2.45) is 0 Å². The third-order valence-electron chi connectivity index (χ3n) is 3.82. The zero-order chi connectivity index (χ0) is 17.6. The Kier molecular flexibility index (Phi) is 5.26. The van der Waals surface area contributed by atoms with Crippen molar-refractivity contribution >= 4 is 11.7 Å². The van der Waals surface area contributed by atoms with Gasteiger partial charge in [-0.05, 0) is 30.2 Å². The monoisotopic (exact) mass is 335 g/mol. The number of aryl methyl sites for hydroxylation is 1. The molecule has 3 rings (SSSR count). The van der Waals surface area contributed by atoms with Crippen molar-refractivity contribution in [3.05, 3.63) is 83.0 Å². The van der Waals surface area contributed by atoms with E-state index in [2.05, 4.69) is 10.4 Å². The summed E-state index contributed by atoms with van der Waals surface area (Å²) >= 11 is 0. The molecule has 0 aliphatic carbocycles. The highest BCUT2D eigenvalue weighted by Gasteiger charge is 2.12. The third-order valence-corrected chi connectivity index (χ3v) is 3.82. The first-order valence-electron chi connectivity index (χ1n) is 8.13. The Labute approximate surface area is 147 Å². The van der Waals surface area contributed by atoms with Gasteiger partial charge in [0, 0.05) is 18.7 Å². The summed E-state index contributed by atoms with van der Waals surface area (Å²) in [6, 6.07) is 19.3. The van der Waals surface area contributed by atoms with Gasteiger partial charge < -0.3 is 10.1 Å². The average molecular weight is 335 g/mol. The molecule has 0 saturated carbocycles. The van der Waals surface area contributed by atoms with E-state index >= 15 is 0 Å². The maximum absolute atomic E-state index is 12.6. The highest BCUT2D eigenvalue weighted by molar-refractivity contribution is 6.03. The summed E-state index contributed by atoms with van der Waals surface area (Å²) in [6.07, 6.45) is 0. The predicted octanol–water partition coefficient (Wildman–Crippen LogP) is 3.64. The Bertz CT molecular complexity index is 856. The second-order valence-electron chi connectivity index (χ2n) is 5.90. The molecule has 2 aromatic carbocycles. The van der Waals surface area contributed by atoms with Gasteiger partial charge in [0.25, 0.3) is 5.91 Å². The SMILES string of the molecule is COCc1cccc(C(=O)Nc2cc(C)nn2Cc2ccccc2)c1. The van der Waals surface area contributed by atoms with Crippen molar-refractivity contribution in [3.63, 3.8) is 0 Å². The van der Waals surface area contributed by atoms with E-state index in [4.69, 9.17) is 4.74 Å². The van der Waals surface area contributed by atoms with Crippen LogP contribution in [0.2, 0.25) is 0 Å². The van der Waals surface area contributed by atoms with Gasteiger partial charge in [0.05, 0.1) is 18.8 Å². The number of carbonyl (C=O) groups excluding carboxylic acids is 1. The number of amides is 1. The Morgan fingerprint density at radius 1 is 1.08 bits per heavy atom. The number of ether oxygens (including phenoxy) is 1. The molecule has 25 heavy (non-hydrogen) atoms. The Balaban J connectivity index is 1.78. The molecule has 128 valence electrons. The van der Waals surface area contributed by atoms with Crippen molar-refractivity contribution in [1.29, 1.82) is 0 Å². The molecule has 1 amide bonds. The van der Waals surface area contributed by atoms with E-state index in [1.165, 1.54) is 0 Å². The Morgan fingerprint density at radius 3 is 2.60 bits per heavy atom. The zero-order valence-corrected chi connectivity index (χ0v) is 14.4. The highest BCUT2D eigenvalue weighted by atomic mass is 16.5. The molecule has 0 radical (unpaired) electrons. The van der Waals surface area contributed by atoms with Gasteiger partial charge in [0.15, 0.2) is 0 Å². The molecule has 1 aromatic heterocycles. The van der Waals surface area contributed by atoms with Gasteiger partial charge in [-0.1, -0.05) is 42.5 Å². The lowest BCUT2D eigenvalue weighted by molar-refractivity contribution is 0.102. The number of hydrogen-bond acceptors (Lipinski definition) is 3. The lowest BCUT2D eigenvalue weighted by Gasteiger charge is -2.10. The van der Waals surface area contributed by atoms with Crippen LogP contribution in [0.15, 0.2) is 60.7 Å². The van der Waals surface area contributed by atoms with Gasteiger partial charge in [0.2, 0.25) is 0 Å². The standard InChI is InChI=1S/C20H21N3O2/c1-15-11-19(23(22-15)13-16-7-4-3-5-8-16)21-20(24)18-10-6-9-17(12-18)14-25-2/h3-12H,13-14H2,1-2H3,(H,21,24). The van der Waals surface area contributed by atoms with Crippen LogP contribution in [0.25, 0.3) is 0 Å².